The van der Waals surface area contributed by atoms with E-state index in [4.69, 9.17) is 9.84 Å². The molecule has 0 rings (SSSR count). The summed E-state index contributed by atoms with van der Waals surface area (Å²) >= 11 is 0. The average Bonchev–Trinajstić information content (AvgIpc) is 2.17. The Bertz CT molecular complexity index is 206. The number of carbonyl (C=O) groups is 1. The minimum atomic E-state index is -0.799. The predicted octanol–water partition coefficient (Wildman–Crippen LogP) is 2.03. The third-order valence-electron chi connectivity index (χ3n) is 2.56. The summed E-state index contributed by atoms with van der Waals surface area (Å²) in [4.78, 5) is 11.1. The molecule has 1 atom stereocenters. The Labute approximate surface area is 98.4 Å². The van der Waals surface area contributed by atoms with Crippen LogP contribution in [0.3, 0.4) is 0 Å². The zero-order valence-electron chi connectivity index (χ0n) is 10.9. The number of hydrogen-bond acceptors (Lipinski definition) is 3. The molecular weight excluding hydrogens is 206 g/mol. The first-order valence-electron chi connectivity index (χ1n) is 6.02. The van der Waals surface area contributed by atoms with E-state index in [2.05, 4.69) is 5.32 Å². The highest BCUT2D eigenvalue weighted by molar-refractivity contribution is 5.78. The Morgan fingerprint density at radius 1 is 1.44 bits per heavy atom. The lowest BCUT2D eigenvalue weighted by Crippen LogP contribution is -2.49. The van der Waals surface area contributed by atoms with E-state index < -0.39 is 11.5 Å². The molecule has 0 aromatic heterocycles. The first-order chi connectivity index (χ1) is 7.42. The van der Waals surface area contributed by atoms with Crippen LogP contribution in [-0.4, -0.2) is 35.9 Å². The van der Waals surface area contributed by atoms with Gasteiger partial charge in [0.25, 0.3) is 0 Å². The van der Waals surface area contributed by atoms with E-state index in [1.807, 2.05) is 20.8 Å². The summed E-state index contributed by atoms with van der Waals surface area (Å²) in [6.45, 7) is 9.04. The van der Waals surface area contributed by atoms with Gasteiger partial charge in [-0.25, -0.2) is 0 Å². The predicted molar refractivity (Wildman–Crippen MR) is 64.7 cm³/mol. The van der Waals surface area contributed by atoms with Gasteiger partial charge in [-0.3, -0.25) is 4.79 Å². The minimum Gasteiger partial charge on any atom is -0.480 e. The van der Waals surface area contributed by atoms with Crippen LogP contribution in [0, 0.1) is 0 Å². The summed E-state index contributed by atoms with van der Waals surface area (Å²) in [6.07, 6.45) is 2.66. The highest BCUT2D eigenvalue weighted by atomic mass is 16.5. The molecule has 0 aliphatic rings. The van der Waals surface area contributed by atoms with Gasteiger partial charge in [-0.2, -0.15) is 0 Å². The molecule has 0 spiro atoms. The number of rotatable bonds is 9. The van der Waals surface area contributed by atoms with Crippen molar-refractivity contribution in [1.82, 2.24) is 5.32 Å². The molecule has 4 nitrogen and oxygen atoms in total. The van der Waals surface area contributed by atoms with Gasteiger partial charge < -0.3 is 15.2 Å². The lowest BCUT2D eigenvalue weighted by Gasteiger charge is -2.25. The van der Waals surface area contributed by atoms with Crippen LogP contribution in [0.15, 0.2) is 0 Å². The minimum absolute atomic E-state index is 0.250. The highest BCUT2D eigenvalue weighted by Crippen LogP contribution is 2.14. The monoisotopic (exact) mass is 231 g/mol. The third kappa shape index (κ3) is 6.08. The molecule has 2 N–H and O–H groups in total. The summed E-state index contributed by atoms with van der Waals surface area (Å²) in [5.41, 5.74) is -0.799. The molecule has 0 aliphatic carbocycles. The Hall–Kier alpha value is -0.610. The molecule has 0 saturated heterocycles. The van der Waals surface area contributed by atoms with E-state index >= 15 is 0 Å². The van der Waals surface area contributed by atoms with Gasteiger partial charge in [0.1, 0.15) is 5.54 Å². The Morgan fingerprint density at radius 3 is 2.50 bits per heavy atom. The molecule has 0 aromatic rings. The second-order valence-corrected chi connectivity index (χ2v) is 4.54. The van der Waals surface area contributed by atoms with Gasteiger partial charge in [0.05, 0.1) is 6.10 Å². The van der Waals surface area contributed by atoms with Crippen LogP contribution in [0.4, 0.5) is 0 Å². The van der Waals surface area contributed by atoms with Gasteiger partial charge in [-0.1, -0.05) is 6.92 Å². The van der Waals surface area contributed by atoms with Crippen LogP contribution in [0.1, 0.15) is 47.0 Å². The molecule has 0 aromatic carbocycles. The van der Waals surface area contributed by atoms with Crippen molar-refractivity contribution in [1.29, 1.82) is 0 Å². The lowest BCUT2D eigenvalue weighted by molar-refractivity contribution is -0.144. The molecule has 4 heteroatoms. The van der Waals surface area contributed by atoms with Crippen LogP contribution in [0.25, 0.3) is 0 Å². The molecule has 16 heavy (non-hydrogen) atoms. The van der Waals surface area contributed by atoms with Crippen molar-refractivity contribution in [3.05, 3.63) is 0 Å². The Kier molecular flexibility index (Phi) is 7.34. The van der Waals surface area contributed by atoms with Crippen LogP contribution < -0.4 is 5.32 Å². The van der Waals surface area contributed by atoms with Crippen molar-refractivity contribution in [3.63, 3.8) is 0 Å². The van der Waals surface area contributed by atoms with E-state index in [-0.39, 0.29) is 6.10 Å². The fraction of sp³-hybridized carbons (Fsp3) is 0.917. The Morgan fingerprint density at radius 2 is 2.06 bits per heavy atom. The van der Waals surface area contributed by atoms with Crippen molar-refractivity contribution in [3.8, 4) is 0 Å². The number of likely N-dealkylation sites (N-methyl/N-ethyl adjacent to an activating group) is 1. The number of nitrogens with one attached hydrogen (secondary N) is 1. The molecule has 0 saturated carbocycles. The maximum atomic E-state index is 11.1. The fourth-order valence-electron chi connectivity index (χ4n) is 1.56. The SMILES string of the molecule is CCNC(C)(CCCCOC(C)C)C(=O)O. The number of unbranched alkanes of at least 4 members (excludes halogenated alkanes) is 1. The zero-order chi connectivity index (χ0) is 12.6. The van der Waals surface area contributed by atoms with E-state index in [9.17, 15) is 4.79 Å². The number of hydrogen-bond donors (Lipinski definition) is 2. The topological polar surface area (TPSA) is 58.6 Å². The molecule has 1 unspecified atom stereocenters. The highest BCUT2D eigenvalue weighted by Gasteiger charge is 2.30. The molecule has 0 amide bonds. The summed E-state index contributed by atoms with van der Waals surface area (Å²) in [6, 6.07) is 0. The molecule has 0 radical (unpaired) electrons. The van der Waals surface area contributed by atoms with Crippen LogP contribution in [0.2, 0.25) is 0 Å². The summed E-state index contributed by atoms with van der Waals surface area (Å²) in [5.74, 6) is -0.779. The van der Waals surface area contributed by atoms with Crippen molar-refractivity contribution < 1.29 is 14.6 Å². The average molecular weight is 231 g/mol. The number of aliphatic carboxylic acids is 1. The van der Waals surface area contributed by atoms with Crippen LogP contribution in [-0.2, 0) is 9.53 Å². The van der Waals surface area contributed by atoms with Crippen LogP contribution in [0.5, 0.6) is 0 Å². The molecule has 0 aliphatic heterocycles. The second kappa shape index (κ2) is 7.63. The molecule has 0 heterocycles. The van der Waals surface area contributed by atoms with E-state index in [0.29, 0.717) is 19.6 Å². The summed E-state index contributed by atoms with van der Waals surface area (Å²) in [7, 11) is 0. The van der Waals surface area contributed by atoms with E-state index in [0.717, 1.165) is 12.8 Å². The number of carboxylic acids is 1. The van der Waals surface area contributed by atoms with Crippen LogP contribution >= 0.6 is 0 Å². The normalized spacial score (nSPS) is 15.1. The zero-order valence-corrected chi connectivity index (χ0v) is 10.9. The summed E-state index contributed by atoms with van der Waals surface area (Å²) in [5, 5.41) is 12.1. The van der Waals surface area contributed by atoms with Crippen molar-refractivity contribution in [2.24, 2.45) is 0 Å². The van der Waals surface area contributed by atoms with Gasteiger partial charge in [-0.15, -0.1) is 0 Å². The first kappa shape index (κ1) is 15.4. The van der Waals surface area contributed by atoms with Gasteiger partial charge in [0, 0.05) is 6.61 Å². The number of carboxylic acid groups (broad SMARTS) is 1. The van der Waals surface area contributed by atoms with Gasteiger partial charge >= 0.3 is 5.97 Å². The van der Waals surface area contributed by atoms with E-state index in [1.54, 1.807) is 6.92 Å². The largest absolute Gasteiger partial charge is 0.480 e. The van der Waals surface area contributed by atoms with Gasteiger partial charge in [0.2, 0.25) is 0 Å². The Balaban J connectivity index is 3.81. The quantitative estimate of drug-likeness (QED) is 0.596. The number of ether oxygens (including phenoxy) is 1. The third-order valence-corrected chi connectivity index (χ3v) is 2.56. The molecule has 96 valence electrons. The summed E-state index contributed by atoms with van der Waals surface area (Å²) < 4.78 is 5.41. The first-order valence-corrected chi connectivity index (χ1v) is 6.02. The second-order valence-electron chi connectivity index (χ2n) is 4.54. The smallest absolute Gasteiger partial charge is 0.323 e. The molecule has 0 bridgehead atoms. The van der Waals surface area contributed by atoms with Crippen molar-refractivity contribution >= 4 is 5.97 Å². The lowest BCUT2D eigenvalue weighted by atomic mass is 9.95. The van der Waals surface area contributed by atoms with Crippen molar-refractivity contribution in [2.75, 3.05) is 13.2 Å². The molecular formula is C12H25NO3. The van der Waals surface area contributed by atoms with Crippen molar-refractivity contribution in [2.45, 2.75) is 58.6 Å². The van der Waals surface area contributed by atoms with Gasteiger partial charge in [0.15, 0.2) is 0 Å². The maximum Gasteiger partial charge on any atom is 0.323 e. The maximum absolute atomic E-state index is 11.1. The fourth-order valence-corrected chi connectivity index (χ4v) is 1.56. The standard InChI is InChI=1S/C12H25NO3/c1-5-13-12(4,11(14)15)8-6-7-9-16-10(2)3/h10,13H,5-9H2,1-4H3,(H,14,15). The molecule has 0 fully saturated rings. The van der Waals surface area contributed by atoms with Gasteiger partial charge in [-0.05, 0) is 46.6 Å². The van der Waals surface area contributed by atoms with E-state index in [1.165, 1.54) is 0 Å².